The van der Waals surface area contributed by atoms with E-state index < -0.39 is 5.60 Å². The number of halogens is 1. The van der Waals surface area contributed by atoms with Crippen molar-refractivity contribution in [2.75, 3.05) is 26.7 Å². The Morgan fingerprint density at radius 2 is 2.11 bits per heavy atom. The molecule has 146 valence electrons. The number of hydrogen-bond acceptors (Lipinski definition) is 4. The maximum absolute atomic E-state index is 14.1. The topological polar surface area (TPSA) is 66.7 Å². The third-order valence-electron chi connectivity index (χ3n) is 4.95. The number of rotatable bonds is 8. The Kier molecular flexibility index (Phi) is 6.13. The second-order valence-corrected chi connectivity index (χ2v) is 6.92. The van der Waals surface area contributed by atoms with Crippen LogP contribution in [0, 0.1) is 5.82 Å². The molecule has 1 aliphatic rings. The van der Waals surface area contributed by atoms with Crippen molar-refractivity contribution in [3.05, 3.63) is 54.1 Å². The SMILES string of the molecule is COc1ccc(F)c(CN2CCCC(O)(CNCCn3cccc3)C2=O)c1. The number of nitrogens with zero attached hydrogens (tertiary/aromatic N) is 2. The average Bonchev–Trinajstić information content (AvgIpc) is 3.18. The second kappa shape index (κ2) is 8.54. The zero-order valence-electron chi connectivity index (χ0n) is 15.5. The second-order valence-electron chi connectivity index (χ2n) is 6.92. The lowest BCUT2D eigenvalue weighted by atomic mass is 9.91. The van der Waals surface area contributed by atoms with Gasteiger partial charge < -0.3 is 24.6 Å². The van der Waals surface area contributed by atoms with E-state index in [1.807, 2.05) is 29.1 Å². The number of carbonyl (C=O) groups excluding carboxylic acids is 1. The molecular formula is C20H26FN3O3. The van der Waals surface area contributed by atoms with Crippen molar-refractivity contribution in [2.24, 2.45) is 0 Å². The molecular weight excluding hydrogens is 349 g/mol. The molecule has 1 saturated heterocycles. The van der Waals surface area contributed by atoms with Gasteiger partial charge in [-0.15, -0.1) is 0 Å². The van der Waals surface area contributed by atoms with Gasteiger partial charge in [-0.3, -0.25) is 4.79 Å². The molecule has 0 bridgehead atoms. The van der Waals surface area contributed by atoms with Crippen LogP contribution < -0.4 is 10.1 Å². The highest BCUT2D eigenvalue weighted by molar-refractivity contribution is 5.86. The van der Waals surface area contributed by atoms with Crippen LogP contribution in [-0.4, -0.2) is 52.8 Å². The highest BCUT2D eigenvalue weighted by atomic mass is 19.1. The highest BCUT2D eigenvalue weighted by Gasteiger charge is 2.41. The molecule has 27 heavy (non-hydrogen) atoms. The van der Waals surface area contributed by atoms with E-state index in [-0.39, 0.29) is 24.8 Å². The summed E-state index contributed by atoms with van der Waals surface area (Å²) in [6.45, 7) is 2.21. The number of aliphatic hydroxyl groups is 1. The number of methoxy groups -OCH3 is 1. The molecule has 1 aliphatic heterocycles. The zero-order chi connectivity index (χ0) is 19.3. The van der Waals surface area contributed by atoms with Gasteiger partial charge in [-0.05, 0) is 43.2 Å². The van der Waals surface area contributed by atoms with E-state index in [1.54, 1.807) is 12.1 Å². The normalized spacial score (nSPS) is 20.1. The van der Waals surface area contributed by atoms with Gasteiger partial charge in [0.1, 0.15) is 11.6 Å². The average molecular weight is 375 g/mol. The molecule has 2 N–H and O–H groups in total. The van der Waals surface area contributed by atoms with Gasteiger partial charge in [-0.1, -0.05) is 0 Å². The summed E-state index contributed by atoms with van der Waals surface area (Å²) in [5, 5.41) is 14.0. The molecule has 1 aromatic heterocycles. The van der Waals surface area contributed by atoms with E-state index in [0.717, 1.165) is 6.54 Å². The summed E-state index contributed by atoms with van der Waals surface area (Å²) < 4.78 is 21.2. The largest absolute Gasteiger partial charge is 0.497 e. The van der Waals surface area contributed by atoms with E-state index >= 15 is 0 Å². The van der Waals surface area contributed by atoms with Crippen LogP contribution >= 0.6 is 0 Å². The summed E-state index contributed by atoms with van der Waals surface area (Å²) >= 11 is 0. The third-order valence-corrected chi connectivity index (χ3v) is 4.95. The molecule has 0 aliphatic carbocycles. The monoisotopic (exact) mass is 375 g/mol. The number of amides is 1. The summed E-state index contributed by atoms with van der Waals surface area (Å²) in [5.74, 6) is -0.204. The van der Waals surface area contributed by atoms with Gasteiger partial charge in [-0.25, -0.2) is 4.39 Å². The van der Waals surface area contributed by atoms with Crippen molar-refractivity contribution >= 4 is 5.91 Å². The lowest BCUT2D eigenvalue weighted by Gasteiger charge is -2.38. The van der Waals surface area contributed by atoms with E-state index in [4.69, 9.17) is 4.74 Å². The first-order valence-electron chi connectivity index (χ1n) is 9.17. The summed E-state index contributed by atoms with van der Waals surface area (Å²) in [4.78, 5) is 14.3. The van der Waals surface area contributed by atoms with E-state index in [1.165, 1.54) is 18.1 Å². The summed E-state index contributed by atoms with van der Waals surface area (Å²) in [7, 11) is 1.52. The predicted molar refractivity (Wildman–Crippen MR) is 99.9 cm³/mol. The lowest BCUT2D eigenvalue weighted by Crippen LogP contribution is -2.57. The fourth-order valence-corrected chi connectivity index (χ4v) is 3.41. The first-order chi connectivity index (χ1) is 13.0. The van der Waals surface area contributed by atoms with E-state index in [2.05, 4.69) is 5.32 Å². The zero-order valence-corrected chi connectivity index (χ0v) is 15.5. The van der Waals surface area contributed by atoms with E-state index in [0.29, 0.717) is 37.2 Å². The Morgan fingerprint density at radius 1 is 1.33 bits per heavy atom. The molecule has 1 unspecified atom stereocenters. The molecule has 6 nitrogen and oxygen atoms in total. The van der Waals surface area contributed by atoms with Gasteiger partial charge in [0.25, 0.3) is 5.91 Å². The summed E-state index contributed by atoms with van der Waals surface area (Å²) in [6, 6.07) is 8.37. The Morgan fingerprint density at radius 3 is 2.85 bits per heavy atom. The van der Waals surface area contributed by atoms with Crippen LogP contribution in [0.4, 0.5) is 4.39 Å². The summed E-state index contributed by atoms with van der Waals surface area (Å²) in [5.41, 5.74) is -1.07. The number of likely N-dealkylation sites (tertiary alicyclic amines) is 1. The van der Waals surface area contributed by atoms with Gasteiger partial charge in [-0.2, -0.15) is 0 Å². The molecule has 0 radical (unpaired) electrons. The predicted octanol–water partition coefficient (Wildman–Crippen LogP) is 1.78. The molecule has 0 saturated carbocycles. The molecule has 1 aromatic carbocycles. The first-order valence-corrected chi connectivity index (χ1v) is 9.17. The molecule has 0 spiro atoms. The maximum atomic E-state index is 14.1. The van der Waals surface area contributed by atoms with Crippen molar-refractivity contribution in [3.63, 3.8) is 0 Å². The third kappa shape index (κ3) is 4.67. The van der Waals surface area contributed by atoms with Crippen LogP contribution in [0.5, 0.6) is 5.75 Å². The number of ether oxygens (including phenoxy) is 1. The fourth-order valence-electron chi connectivity index (χ4n) is 3.41. The first kappa shape index (κ1) is 19.4. The van der Waals surface area contributed by atoms with Crippen LogP contribution in [-0.2, 0) is 17.9 Å². The van der Waals surface area contributed by atoms with E-state index in [9.17, 15) is 14.3 Å². The van der Waals surface area contributed by atoms with Gasteiger partial charge in [0.15, 0.2) is 5.60 Å². The molecule has 3 rings (SSSR count). The highest BCUT2D eigenvalue weighted by Crippen LogP contribution is 2.25. The maximum Gasteiger partial charge on any atom is 0.256 e. The smallest absolute Gasteiger partial charge is 0.256 e. The number of nitrogens with one attached hydrogen (secondary N) is 1. The van der Waals surface area contributed by atoms with Crippen molar-refractivity contribution in [1.82, 2.24) is 14.8 Å². The number of piperidine rings is 1. The summed E-state index contributed by atoms with van der Waals surface area (Å²) in [6.07, 6.45) is 5.01. The van der Waals surface area contributed by atoms with Gasteiger partial charge in [0, 0.05) is 50.7 Å². The van der Waals surface area contributed by atoms with Crippen molar-refractivity contribution in [1.29, 1.82) is 0 Å². The Balaban J connectivity index is 1.59. The van der Waals surface area contributed by atoms with Crippen molar-refractivity contribution in [2.45, 2.75) is 31.5 Å². The minimum atomic E-state index is -1.45. The number of aromatic nitrogens is 1. The Labute approximate surface area is 158 Å². The number of hydrogen-bond donors (Lipinski definition) is 2. The number of carbonyl (C=O) groups is 1. The fraction of sp³-hybridized carbons (Fsp3) is 0.450. The Bertz CT molecular complexity index is 766. The molecule has 1 fully saturated rings. The molecule has 2 aromatic rings. The van der Waals surface area contributed by atoms with Gasteiger partial charge >= 0.3 is 0 Å². The quantitative estimate of drug-likeness (QED) is 0.691. The minimum absolute atomic E-state index is 0.119. The Hall–Kier alpha value is -2.38. The molecule has 1 amide bonds. The van der Waals surface area contributed by atoms with Gasteiger partial charge in [0.05, 0.1) is 7.11 Å². The van der Waals surface area contributed by atoms with Crippen molar-refractivity contribution < 1.29 is 19.0 Å². The standard InChI is InChI=1S/C20H26FN3O3/c1-27-17-5-6-18(21)16(13-17)14-24-11-4-7-20(26,19(24)25)15-22-8-12-23-9-2-3-10-23/h2-3,5-6,9-10,13,22,26H,4,7-8,11-12,14-15H2,1H3. The van der Waals surface area contributed by atoms with Crippen LogP contribution in [0.3, 0.4) is 0 Å². The molecule has 2 heterocycles. The van der Waals surface area contributed by atoms with Crippen LogP contribution in [0.2, 0.25) is 0 Å². The molecule has 7 heteroatoms. The van der Waals surface area contributed by atoms with Gasteiger partial charge in [0.2, 0.25) is 0 Å². The minimum Gasteiger partial charge on any atom is -0.497 e. The van der Waals surface area contributed by atoms with Crippen LogP contribution in [0.25, 0.3) is 0 Å². The van der Waals surface area contributed by atoms with Crippen molar-refractivity contribution in [3.8, 4) is 5.75 Å². The lowest BCUT2D eigenvalue weighted by molar-refractivity contribution is -0.157. The van der Waals surface area contributed by atoms with Crippen LogP contribution in [0.15, 0.2) is 42.7 Å². The molecule has 1 atom stereocenters. The van der Waals surface area contributed by atoms with Crippen LogP contribution in [0.1, 0.15) is 18.4 Å². The number of benzene rings is 1.